The van der Waals surface area contributed by atoms with Crippen LogP contribution in [0.25, 0.3) is 0 Å². The van der Waals surface area contributed by atoms with E-state index in [-0.39, 0.29) is 18.9 Å². The highest BCUT2D eigenvalue weighted by atomic mass is 16.6. The van der Waals surface area contributed by atoms with Crippen molar-refractivity contribution in [3.63, 3.8) is 0 Å². The van der Waals surface area contributed by atoms with Crippen molar-refractivity contribution in [2.45, 2.75) is 111 Å². The maximum Gasteiger partial charge on any atom is 0.408 e. The number of amides is 3. The van der Waals surface area contributed by atoms with Crippen LogP contribution in [0.15, 0.2) is 61.2 Å². The maximum atomic E-state index is 14.5. The molecule has 0 aliphatic carbocycles. The molecule has 0 fully saturated rings. The molecule has 0 saturated carbocycles. The van der Waals surface area contributed by atoms with E-state index in [9.17, 15) is 19.2 Å². The van der Waals surface area contributed by atoms with Gasteiger partial charge in [-0.1, -0.05) is 68.5 Å². The molecule has 9 nitrogen and oxygen atoms in total. The lowest BCUT2D eigenvalue weighted by molar-refractivity contribution is -0.159. The first-order chi connectivity index (χ1) is 21.3. The van der Waals surface area contributed by atoms with Crippen molar-refractivity contribution in [3.8, 4) is 0 Å². The zero-order valence-electron chi connectivity index (χ0n) is 29.2. The number of carbonyl (C=O) groups is 4. The van der Waals surface area contributed by atoms with E-state index in [1.807, 2.05) is 76.2 Å². The largest absolute Gasteiger partial charge is 0.458 e. The van der Waals surface area contributed by atoms with Crippen LogP contribution >= 0.6 is 0 Å². The molecule has 0 aliphatic heterocycles. The summed E-state index contributed by atoms with van der Waals surface area (Å²) in [6.45, 7) is 22.0. The molecule has 0 heterocycles. The molecule has 46 heavy (non-hydrogen) atoms. The van der Waals surface area contributed by atoms with Crippen molar-refractivity contribution in [3.05, 3.63) is 83.4 Å². The molecule has 9 heteroatoms. The molecule has 3 amide bonds. The summed E-state index contributed by atoms with van der Waals surface area (Å²) < 4.78 is 11.2. The second kappa shape index (κ2) is 16.4. The number of alkyl carbamates (subject to hydrolysis) is 1. The first-order valence-electron chi connectivity index (χ1n) is 15.9. The number of hydrogen-bond donors (Lipinski definition) is 2. The van der Waals surface area contributed by atoms with Crippen LogP contribution in [0.3, 0.4) is 0 Å². The van der Waals surface area contributed by atoms with Crippen molar-refractivity contribution in [2.75, 3.05) is 6.54 Å². The highest BCUT2D eigenvalue weighted by Crippen LogP contribution is 2.30. The van der Waals surface area contributed by atoms with Gasteiger partial charge in [-0.25, -0.2) is 9.59 Å². The van der Waals surface area contributed by atoms with Crippen LogP contribution in [0.2, 0.25) is 0 Å². The van der Waals surface area contributed by atoms with Gasteiger partial charge in [-0.15, -0.1) is 6.58 Å². The van der Waals surface area contributed by atoms with Crippen LogP contribution in [0.5, 0.6) is 0 Å². The Morgan fingerprint density at radius 3 is 1.89 bits per heavy atom. The van der Waals surface area contributed by atoms with E-state index in [0.29, 0.717) is 12.0 Å². The smallest absolute Gasteiger partial charge is 0.408 e. The minimum atomic E-state index is -1.15. The van der Waals surface area contributed by atoms with Crippen LogP contribution in [-0.4, -0.2) is 58.6 Å². The molecule has 3 unspecified atom stereocenters. The summed E-state index contributed by atoms with van der Waals surface area (Å²) in [4.78, 5) is 56.8. The second-order valence-corrected chi connectivity index (χ2v) is 14.1. The quantitative estimate of drug-likeness (QED) is 0.195. The Morgan fingerprint density at radius 1 is 0.826 bits per heavy atom. The molecule has 252 valence electrons. The van der Waals surface area contributed by atoms with E-state index >= 15 is 0 Å². The van der Waals surface area contributed by atoms with Gasteiger partial charge in [0.1, 0.15) is 29.3 Å². The number of nitrogens with one attached hydrogen (secondary N) is 2. The molecule has 0 aliphatic rings. The normalized spacial score (nSPS) is 13.6. The summed E-state index contributed by atoms with van der Waals surface area (Å²) in [6, 6.07) is 11.8. The topological polar surface area (TPSA) is 114 Å². The summed E-state index contributed by atoms with van der Waals surface area (Å²) in [6.07, 6.45) is 1.31. The minimum absolute atomic E-state index is 0.00504. The van der Waals surface area contributed by atoms with Gasteiger partial charge in [-0.2, -0.15) is 0 Å². The van der Waals surface area contributed by atoms with Gasteiger partial charge in [-0.05, 0) is 90.0 Å². The number of benzene rings is 2. The van der Waals surface area contributed by atoms with Gasteiger partial charge in [0, 0.05) is 13.0 Å². The van der Waals surface area contributed by atoms with Crippen molar-refractivity contribution in [1.82, 2.24) is 15.5 Å². The average Bonchev–Trinajstić information content (AvgIpc) is 2.91. The fourth-order valence-electron chi connectivity index (χ4n) is 5.16. The highest BCUT2D eigenvalue weighted by Gasteiger charge is 2.39. The van der Waals surface area contributed by atoms with Gasteiger partial charge in [0.15, 0.2) is 0 Å². The highest BCUT2D eigenvalue weighted by molar-refractivity contribution is 5.94. The summed E-state index contributed by atoms with van der Waals surface area (Å²) in [7, 11) is 0. The van der Waals surface area contributed by atoms with Crippen molar-refractivity contribution >= 4 is 23.9 Å². The van der Waals surface area contributed by atoms with E-state index < -0.39 is 53.2 Å². The molecular weight excluding hydrogens is 582 g/mol. The predicted octanol–water partition coefficient (Wildman–Crippen LogP) is 6.37. The number of aryl methyl sites for hydroxylation is 2. The summed E-state index contributed by atoms with van der Waals surface area (Å²) in [5.41, 5.74) is 1.48. The second-order valence-electron chi connectivity index (χ2n) is 14.1. The van der Waals surface area contributed by atoms with Crippen molar-refractivity contribution < 1.29 is 28.7 Å². The third-order valence-electron chi connectivity index (χ3n) is 6.97. The zero-order chi connectivity index (χ0) is 34.8. The monoisotopic (exact) mass is 635 g/mol. The Balaban J connectivity index is 2.65. The van der Waals surface area contributed by atoms with E-state index in [1.165, 1.54) is 4.90 Å². The average molecular weight is 636 g/mol. The Labute approximate surface area is 275 Å². The Bertz CT molecular complexity index is 1340. The molecule has 0 radical (unpaired) electrons. The Morgan fingerprint density at radius 2 is 1.39 bits per heavy atom. The number of hydrogen-bond acceptors (Lipinski definition) is 6. The molecule has 2 rings (SSSR count). The third-order valence-corrected chi connectivity index (χ3v) is 6.97. The maximum absolute atomic E-state index is 14.5. The van der Waals surface area contributed by atoms with Gasteiger partial charge in [0.25, 0.3) is 0 Å². The number of carbonyl (C=O) groups excluding carboxylic acids is 4. The lowest BCUT2D eigenvalue weighted by Crippen LogP contribution is -2.55. The van der Waals surface area contributed by atoms with Crippen LogP contribution in [0.1, 0.15) is 90.1 Å². The van der Waals surface area contributed by atoms with Gasteiger partial charge in [0.05, 0.1) is 0 Å². The number of nitrogens with zero attached hydrogens (tertiary/aromatic N) is 1. The van der Waals surface area contributed by atoms with Gasteiger partial charge < -0.3 is 25.0 Å². The van der Waals surface area contributed by atoms with Crippen molar-refractivity contribution in [2.24, 2.45) is 5.92 Å². The third kappa shape index (κ3) is 12.0. The van der Waals surface area contributed by atoms with Gasteiger partial charge >= 0.3 is 12.1 Å². The zero-order valence-corrected chi connectivity index (χ0v) is 29.2. The molecule has 3 atom stereocenters. The molecule has 2 aromatic carbocycles. The molecule has 0 saturated heterocycles. The summed E-state index contributed by atoms with van der Waals surface area (Å²) in [5, 5.41) is 5.68. The fraction of sp³-hybridized carbons (Fsp3) is 0.514. The first-order valence-corrected chi connectivity index (χ1v) is 15.9. The molecule has 2 aromatic rings. The minimum Gasteiger partial charge on any atom is -0.458 e. The van der Waals surface area contributed by atoms with Gasteiger partial charge in [-0.3, -0.25) is 9.59 Å². The molecule has 0 aromatic heterocycles. The molecule has 0 bridgehead atoms. The number of ether oxygens (including phenoxy) is 2. The molecular formula is C37H53N3O6. The van der Waals surface area contributed by atoms with Crippen LogP contribution < -0.4 is 10.6 Å². The standard InChI is InChI=1S/C37H53N3O6/c1-12-21-40(33(42)28(22-24(2)3)39-35(44)46-37(9,10)11)31(30-25(4)17-16-18-26(30)5)32(41)38-29(34(43)45-36(6,7)8)23-27-19-14-13-15-20-27/h12-20,24,28-29,31H,1,21-23H2,2-11H3,(H,38,41)(H,39,44). The fourth-order valence-corrected chi connectivity index (χ4v) is 5.16. The van der Waals surface area contributed by atoms with Gasteiger partial charge in [0.2, 0.25) is 11.8 Å². The number of esters is 1. The predicted molar refractivity (Wildman–Crippen MR) is 181 cm³/mol. The van der Waals surface area contributed by atoms with E-state index in [0.717, 1.165) is 16.7 Å². The van der Waals surface area contributed by atoms with E-state index in [1.54, 1.807) is 47.6 Å². The summed E-state index contributed by atoms with van der Waals surface area (Å²) >= 11 is 0. The van der Waals surface area contributed by atoms with E-state index in [2.05, 4.69) is 17.2 Å². The molecule has 0 spiro atoms. The number of rotatable bonds is 13. The van der Waals surface area contributed by atoms with Crippen LogP contribution in [0, 0.1) is 19.8 Å². The van der Waals surface area contributed by atoms with Crippen LogP contribution in [0.4, 0.5) is 4.79 Å². The lowest BCUT2D eigenvalue weighted by Gasteiger charge is -2.36. The first kappa shape index (κ1) is 38.0. The lowest BCUT2D eigenvalue weighted by atomic mass is 9.92. The van der Waals surface area contributed by atoms with E-state index in [4.69, 9.17) is 9.47 Å². The summed E-state index contributed by atoms with van der Waals surface area (Å²) in [5.74, 6) is -1.58. The van der Waals surface area contributed by atoms with Crippen molar-refractivity contribution in [1.29, 1.82) is 0 Å². The Kier molecular flexibility index (Phi) is 13.6. The van der Waals surface area contributed by atoms with Crippen LogP contribution in [-0.2, 0) is 30.3 Å². The molecule has 2 N–H and O–H groups in total. The SMILES string of the molecule is C=CCN(C(=O)C(CC(C)C)NC(=O)OC(C)(C)C)C(C(=O)NC(Cc1ccccc1)C(=O)OC(C)(C)C)c1c(C)cccc1C. The Hall–Kier alpha value is -4.14.